The average molecular weight is 444 g/mol. The molecule has 0 saturated heterocycles. The third-order valence-electron chi connectivity index (χ3n) is 5.28. The van der Waals surface area contributed by atoms with Crippen LogP contribution in [0.5, 0.6) is 0 Å². The highest BCUT2D eigenvalue weighted by atomic mass is 35.5. The Morgan fingerprint density at radius 3 is 2.48 bits per heavy atom. The summed E-state index contributed by atoms with van der Waals surface area (Å²) >= 11 is 11.8. The Morgan fingerprint density at radius 1 is 1.10 bits per heavy atom. The van der Waals surface area contributed by atoms with Gasteiger partial charge >= 0.3 is 13.3 Å². The molecule has 0 aromatic heterocycles. The SMILES string of the molecule is CC1(C)OB(O)c2ccc(C3=NOC(c4ccc(Cl)c(Cl)c4)(C(F)(F)F)C3)cc21. The van der Waals surface area contributed by atoms with E-state index in [9.17, 15) is 18.2 Å². The van der Waals surface area contributed by atoms with Crippen molar-refractivity contribution in [2.24, 2.45) is 5.16 Å². The Morgan fingerprint density at radius 2 is 1.83 bits per heavy atom. The number of nitrogens with zero attached hydrogens (tertiary/aromatic N) is 1. The minimum Gasteiger partial charge on any atom is -0.423 e. The Hall–Kier alpha value is -1.74. The zero-order chi connectivity index (χ0) is 21.2. The molecule has 0 aliphatic carbocycles. The van der Waals surface area contributed by atoms with Gasteiger partial charge in [0.15, 0.2) is 0 Å². The summed E-state index contributed by atoms with van der Waals surface area (Å²) in [5.74, 6) is 0. The quantitative estimate of drug-likeness (QED) is 0.694. The van der Waals surface area contributed by atoms with Crippen molar-refractivity contribution in [3.8, 4) is 0 Å². The molecule has 1 N–H and O–H groups in total. The first-order valence-electron chi connectivity index (χ1n) is 8.73. The Bertz CT molecular complexity index is 1030. The lowest BCUT2D eigenvalue weighted by molar-refractivity contribution is -0.275. The lowest BCUT2D eigenvalue weighted by Crippen LogP contribution is -2.42. The van der Waals surface area contributed by atoms with Gasteiger partial charge in [0.05, 0.1) is 21.4 Å². The highest BCUT2D eigenvalue weighted by Gasteiger charge is 2.62. The zero-order valence-electron chi connectivity index (χ0n) is 15.3. The number of benzene rings is 2. The summed E-state index contributed by atoms with van der Waals surface area (Å²) in [7, 11) is -1.08. The molecule has 1 unspecified atom stereocenters. The van der Waals surface area contributed by atoms with Gasteiger partial charge < -0.3 is 14.5 Å². The van der Waals surface area contributed by atoms with Gasteiger partial charge in [-0.3, -0.25) is 0 Å². The monoisotopic (exact) mass is 443 g/mol. The molecule has 2 aromatic rings. The lowest BCUT2D eigenvalue weighted by atomic mass is 9.77. The summed E-state index contributed by atoms with van der Waals surface area (Å²) in [5.41, 5.74) is -1.78. The van der Waals surface area contributed by atoms with Crippen molar-refractivity contribution in [1.82, 2.24) is 0 Å². The van der Waals surface area contributed by atoms with Gasteiger partial charge in [-0.15, -0.1) is 0 Å². The van der Waals surface area contributed by atoms with E-state index in [1.165, 1.54) is 12.1 Å². The van der Waals surface area contributed by atoms with Crippen LogP contribution in [0.1, 0.15) is 37.0 Å². The van der Waals surface area contributed by atoms with E-state index >= 15 is 0 Å². The van der Waals surface area contributed by atoms with Crippen molar-refractivity contribution in [2.45, 2.75) is 37.6 Å². The predicted molar refractivity (Wildman–Crippen MR) is 105 cm³/mol. The van der Waals surface area contributed by atoms with Crippen molar-refractivity contribution >= 4 is 41.5 Å². The van der Waals surface area contributed by atoms with Gasteiger partial charge in [0.25, 0.3) is 5.60 Å². The molecule has 152 valence electrons. The van der Waals surface area contributed by atoms with Crippen LogP contribution >= 0.6 is 23.2 Å². The molecule has 2 aromatic carbocycles. The van der Waals surface area contributed by atoms with Gasteiger partial charge in [-0.25, -0.2) is 0 Å². The van der Waals surface area contributed by atoms with Crippen LogP contribution in [0.4, 0.5) is 13.2 Å². The largest absolute Gasteiger partial charge is 0.492 e. The molecule has 0 bridgehead atoms. The molecule has 0 spiro atoms. The van der Waals surface area contributed by atoms with E-state index in [1.54, 1.807) is 32.0 Å². The minimum absolute atomic E-state index is 0.00439. The number of fused-ring (bicyclic) bond motifs is 1. The lowest BCUT2D eigenvalue weighted by Gasteiger charge is -2.29. The van der Waals surface area contributed by atoms with Crippen LogP contribution in [0.25, 0.3) is 0 Å². The third kappa shape index (κ3) is 3.22. The van der Waals surface area contributed by atoms with Gasteiger partial charge in [0.2, 0.25) is 0 Å². The van der Waals surface area contributed by atoms with Gasteiger partial charge in [-0.05, 0) is 48.6 Å². The molecule has 2 heterocycles. The molecule has 0 amide bonds. The zero-order valence-corrected chi connectivity index (χ0v) is 16.9. The summed E-state index contributed by atoms with van der Waals surface area (Å²) in [6.45, 7) is 3.54. The Labute approximate surface area is 175 Å². The first-order chi connectivity index (χ1) is 13.4. The maximum atomic E-state index is 14.1. The second-order valence-electron chi connectivity index (χ2n) is 7.54. The van der Waals surface area contributed by atoms with Crippen LogP contribution in [0.2, 0.25) is 10.0 Å². The van der Waals surface area contributed by atoms with Gasteiger partial charge in [-0.2, -0.15) is 13.2 Å². The van der Waals surface area contributed by atoms with Crippen LogP contribution in [0, 0.1) is 0 Å². The smallest absolute Gasteiger partial charge is 0.423 e. The standard InChI is InChI=1S/C19H15BCl2F3NO3/c1-17(2)12-7-10(3-5-13(12)20(27)28-17)16-9-18(29-26-16,19(23,24)25)11-4-6-14(21)15(22)8-11/h3-8,27H,9H2,1-2H3. The predicted octanol–water partition coefficient (Wildman–Crippen LogP) is 4.53. The molecule has 0 saturated carbocycles. The van der Waals surface area contributed by atoms with Crippen LogP contribution in [0.3, 0.4) is 0 Å². The Kier molecular flexibility index (Phi) is 4.70. The number of alkyl halides is 3. The van der Waals surface area contributed by atoms with Crippen molar-refractivity contribution < 1.29 is 27.7 Å². The summed E-state index contributed by atoms with van der Waals surface area (Å²) in [5, 5.41) is 13.9. The van der Waals surface area contributed by atoms with E-state index in [0.717, 1.165) is 6.07 Å². The number of hydrogen-bond donors (Lipinski definition) is 1. The van der Waals surface area contributed by atoms with E-state index in [2.05, 4.69) is 5.16 Å². The van der Waals surface area contributed by atoms with Crippen LogP contribution < -0.4 is 5.46 Å². The average Bonchev–Trinajstić information content (AvgIpc) is 3.18. The van der Waals surface area contributed by atoms with Crippen LogP contribution in [-0.4, -0.2) is 24.0 Å². The fourth-order valence-electron chi connectivity index (χ4n) is 3.68. The Balaban J connectivity index is 1.73. The molecule has 4 nitrogen and oxygen atoms in total. The molecule has 2 aliphatic rings. The molecule has 10 heteroatoms. The molecule has 0 radical (unpaired) electrons. The molecular formula is C19H15BCl2F3NO3. The van der Waals surface area contributed by atoms with Gasteiger partial charge in [-0.1, -0.05) is 46.6 Å². The molecule has 4 rings (SSSR count). The fraction of sp³-hybridized carbons (Fsp3) is 0.316. The van der Waals surface area contributed by atoms with Crippen molar-refractivity contribution in [2.75, 3.05) is 0 Å². The molecule has 29 heavy (non-hydrogen) atoms. The van der Waals surface area contributed by atoms with Crippen molar-refractivity contribution in [3.63, 3.8) is 0 Å². The van der Waals surface area contributed by atoms with E-state index in [-0.39, 0.29) is 21.3 Å². The first kappa shape index (κ1) is 20.5. The molecule has 0 fully saturated rings. The first-order valence-corrected chi connectivity index (χ1v) is 9.48. The second-order valence-corrected chi connectivity index (χ2v) is 8.36. The van der Waals surface area contributed by atoms with Gasteiger partial charge in [0.1, 0.15) is 0 Å². The molecule has 2 aliphatic heterocycles. The summed E-state index contributed by atoms with van der Waals surface area (Å²) in [4.78, 5) is 5.03. The van der Waals surface area contributed by atoms with Crippen LogP contribution in [-0.2, 0) is 20.7 Å². The maximum absolute atomic E-state index is 14.1. The summed E-state index contributed by atoms with van der Waals surface area (Å²) in [6, 6.07) is 8.57. The second kappa shape index (κ2) is 6.64. The number of hydrogen-bond acceptors (Lipinski definition) is 4. The van der Waals surface area contributed by atoms with Gasteiger partial charge in [0, 0.05) is 12.0 Å². The minimum atomic E-state index is -4.75. The van der Waals surface area contributed by atoms with E-state index in [0.29, 0.717) is 16.6 Å². The number of rotatable bonds is 2. The van der Waals surface area contributed by atoms with Crippen molar-refractivity contribution in [3.05, 3.63) is 63.1 Å². The summed E-state index contributed by atoms with van der Waals surface area (Å²) in [6.07, 6.45) is -5.28. The van der Waals surface area contributed by atoms with E-state index in [1.807, 2.05) is 0 Å². The molecular weight excluding hydrogens is 429 g/mol. The fourth-order valence-corrected chi connectivity index (χ4v) is 3.98. The normalized spacial score (nSPS) is 23.0. The topological polar surface area (TPSA) is 51.0 Å². The number of oxime groups is 1. The highest BCUT2D eigenvalue weighted by Crippen LogP contribution is 2.49. The number of halogens is 5. The third-order valence-corrected chi connectivity index (χ3v) is 6.02. The highest BCUT2D eigenvalue weighted by molar-refractivity contribution is 6.62. The van der Waals surface area contributed by atoms with Crippen molar-refractivity contribution in [1.29, 1.82) is 0 Å². The maximum Gasteiger partial charge on any atom is 0.492 e. The molecule has 1 atom stereocenters. The summed E-state index contributed by atoms with van der Waals surface area (Å²) < 4.78 is 47.8. The van der Waals surface area contributed by atoms with E-state index in [4.69, 9.17) is 32.7 Å². The van der Waals surface area contributed by atoms with E-state index < -0.39 is 30.9 Å². The van der Waals surface area contributed by atoms with Crippen LogP contribution in [0.15, 0.2) is 41.6 Å².